The van der Waals surface area contributed by atoms with E-state index in [4.69, 9.17) is 0 Å². The summed E-state index contributed by atoms with van der Waals surface area (Å²) in [5, 5.41) is 0. The summed E-state index contributed by atoms with van der Waals surface area (Å²) < 4.78 is 0.794. The van der Waals surface area contributed by atoms with Crippen LogP contribution in [0.4, 0.5) is 5.69 Å². The van der Waals surface area contributed by atoms with Crippen molar-refractivity contribution in [2.75, 3.05) is 14.1 Å². The predicted molar refractivity (Wildman–Crippen MR) is 47.9 cm³/mol. The Hall–Kier alpha value is -0.890. The van der Waals surface area contributed by atoms with Crippen molar-refractivity contribution in [3.63, 3.8) is 0 Å². The van der Waals surface area contributed by atoms with Gasteiger partial charge in [0.15, 0.2) is 0 Å². The fourth-order valence-corrected chi connectivity index (χ4v) is 0.877. The largest absolute Gasteiger partial charge is 0.289 e. The minimum absolute atomic E-state index is 0.794. The molecule has 0 amide bonds. The molecule has 0 aliphatic rings. The standard InChI is InChI=1S/C9H14N2/c1-4-11(2,3)9-5-7-10-8-6-9/h4-8H,1-3H3/q+1. The Kier molecular flexibility index (Phi) is 2.25. The summed E-state index contributed by atoms with van der Waals surface area (Å²) in [6, 6.07) is 4.06. The van der Waals surface area contributed by atoms with E-state index in [0.717, 1.165) is 4.48 Å². The maximum atomic E-state index is 3.97. The van der Waals surface area contributed by atoms with Gasteiger partial charge in [0.1, 0.15) is 12.2 Å². The van der Waals surface area contributed by atoms with Crippen molar-refractivity contribution in [1.82, 2.24) is 9.47 Å². The molecule has 2 nitrogen and oxygen atoms in total. The van der Waals surface area contributed by atoms with Crippen molar-refractivity contribution in [2.45, 2.75) is 6.92 Å². The first-order chi connectivity index (χ1) is 5.17. The molecule has 0 aliphatic carbocycles. The van der Waals surface area contributed by atoms with Gasteiger partial charge in [0.05, 0.1) is 14.1 Å². The fourth-order valence-electron chi connectivity index (χ4n) is 0.877. The zero-order valence-electron chi connectivity index (χ0n) is 7.28. The number of aromatic nitrogens is 1. The van der Waals surface area contributed by atoms with Gasteiger partial charge in [-0.1, -0.05) is 0 Å². The summed E-state index contributed by atoms with van der Waals surface area (Å²) in [5.41, 5.74) is 1.25. The van der Waals surface area contributed by atoms with Gasteiger partial charge >= 0.3 is 0 Å². The van der Waals surface area contributed by atoms with Crippen LogP contribution >= 0.6 is 0 Å². The fraction of sp³-hybridized carbons (Fsp3) is 0.333. The molecule has 1 heterocycles. The second kappa shape index (κ2) is 3.01. The van der Waals surface area contributed by atoms with Crippen LogP contribution in [0.5, 0.6) is 0 Å². The molecule has 1 aromatic heterocycles. The lowest BCUT2D eigenvalue weighted by Gasteiger charge is -2.25. The molecule has 0 bridgehead atoms. The molecule has 0 spiro atoms. The highest BCUT2D eigenvalue weighted by Gasteiger charge is 2.15. The minimum Gasteiger partial charge on any atom is -0.289 e. The number of pyridine rings is 1. The number of rotatable bonds is 2. The van der Waals surface area contributed by atoms with E-state index in [-0.39, 0.29) is 0 Å². The van der Waals surface area contributed by atoms with Crippen molar-refractivity contribution in [2.24, 2.45) is 0 Å². The molecule has 0 atom stereocenters. The van der Waals surface area contributed by atoms with Crippen LogP contribution in [-0.2, 0) is 0 Å². The summed E-state index contributed by atoms with van der Waals surface area (Å²) in [6.45, 7) is 4.19. The molecular weight excluding hydrogens is 136 g/mol. The first-order valence-corrected chi connectivity index (χ1v) is 3.71. The van der Waals surface area contributed by atoms with Crippen LogP contribution in [0.3, 0.4) is 0 Å². The molecule has 0 unspecified atom stereocenters. The van der Waals surface area contributed by atoms with Crippen LogP contribution in [0.25, 0.3) is 0 Å². The van der Waals surface area contributed by atoms with Crippen LogP contribution in [0.1, 0.15) is 6.92 Å². The first-order valence-electron chi connectivity index (χ1n) is 3.71. The monoisotopic (exact) mass is 150 g/mol. The quantitative estimate of drug-likeness (QED) is 0.586. The summed E-state index contributed by atoms with van der Waals surface area (Å²) in [7, 11) is 4.27. The molecule has 1 aromatic rings. The van der Waals surface area contributed by atoms with E-state index in [1.807, 2.05) is 24.5 Å². The zero-order chi connectivity index (χ0) is 8.32. The minimum atomic E-state index is 0.794. The van der Waals surface area contributed by atoms with Gasteiger partial charge in [-0.3, -0.25) is 9.47 Å². The second-order valence-electron chi connectivity index (χ2n) is 3.00. The first kappa shape index (κ1) is 8.21. The van der Waals surface area contributed by atoms with Crippen LogP contribution in [0.15, 0.2) is 24.5 Å². The van der Waals surface area contributed by atoms with Crippen LogP contribution in [0.2, 0.25) is 0 Å². The normalized spacial score (nSPS) is 11.5. The Morgan fingerprint density at radius 3 is 2.27 bits per heavy atom. The highest BCUT2D eigenvalue weighted by Crippen LogP contribution is 2.17. The molecule has 1 radical (unpaired) electrons. The third-order valence-corrected chi connectivity index (χ3v) is 1.97. The van der Waals surface area contributed by atoms with Gasteiger partial charge in [0, 0.05) is 24.5 Å². The molecule has 2 heteroatoms. The third kappa shape index (κ3) is 1.77. The molecule has 11 heavy (non-hydrogen) atoms. The average Bonchev–Trinajstić information content (AvgIpc) is 2.06. The lowest BCUT2D eigenvalue weighted by atomic mass is 10.3. The number of nitrogens with zero attached hydrogens (tertiary/aromatic N) is 2. The Balaban J connectivity index is 2.93. The Morgan fingerprint density at radius 1 is 1.27 bits per heavy atom. The summed E-state index contributed by atoms with van der Waals surface area (Å²) in [6.07, 6.45) is 3.64. The number of hydrogen-bond donors (Lipinski definition) is 0. The van der Waals surface area contributed by atoms with Crippen molar-refractivity contribution in [3.05, 3.63) is 31.1 Å². The molecule has 1 rings (SSSR count). The molecule has 59 valence electrons. The topological polar surface area (TPSA) is 12.9 Å². The SMILES string of the molecule is C[CH][N+](C)(C)c1ccncc1. The van der Waals surface area contributed by atoms with Gasteiger partial charge in [0.25, 0.3) is 0 Å². The maximum absolute atomic E-state index is 3.97. The average molecular weight is 150 g/mol. The molecule has 0 N–H and O–H groups in total. The lowest BCUT2D eigenvalue weighted by Crippen LogP contribution is -2.35. The molecule has 0 fully saturated rings. The zero-order valence-corrected chi connectivity index (χ0v) is 7.28. The molecule has 0 aromatic carbocycles. The van der Waals surface area contributed by atoms with Crippen molar-refractivity contribution >= 4 is 5.69 Å². The van der Waals surface area contributed by atoms with Crippen LogP contribution in [-0.4, -0.2) is 19.1 Å². The van der Waals surface area contributed by atoms with Gasteiger partial charge in [0.2, 0.25) is 0 Å². The highest BCUT2D eigenvalue weighted by molar-refractivity contribution is 5.40. The Bertz CT molecular complexity index is 216. The third-order valence-electron chi connectivity index (χ3n) is 1.97. The second-order valence-corrected chi connectivity index (χ2v) is 3.00. The molecule has 0 saturated carbocycles. The van der Waals surface area contributed by atoms with Gasteiger partial charge < -0.3 is 0 Å². The van der Waals surface area contributed by atoms with E-state index in [0.29, 0.717) is 0 Å². The summed E-state index contributed by atoms with van der Waals surface area (Å²) >= 11 is 0. The molecular formula is C9H14N2+. The molecule has 0 saturated heterocycles. The maximum Gasteiger partial charge on any atom is 0.143 e. The van der Waals surface area contributed by atoms with E-state index in [1.54, 1.807) is 0 Å². The van der Waals surface area contributed by atoms with E-state index in [1.165, 1.54) is 5.69 Å². The Morgan fingerprint density at radius 2 is 1.82 bits per heavy atom. The van der Waals surface area contributed by atoms with Gasteiger partial charge in [-0.05, 0) is 6.92 Å². The molecule has 0 aliphatic heterocycles. The highest BCUT2D eigenvalue weighted by atomic mass is 15.3. The van der Waals surface area contributed by atoms with E-state index >= 15 is 0 Å². The van der Waals surface area contributed by atoms with Gasteiger partial charge in [-0.2, -0.15) is 0 Å². The van der Waals surface area contributed by atoms with E-state index in [2.05, 4.69) is 32.5 Å². The Labute approximate surface area is 68.1 Å². The number of hydrogen-bond acceptors (Lipinski definition) is 1. The van der Waals surface area contributed by atoms with E-state index in [9.17, 15) is 0 Å². The van der Waals surface area contributed by atoms with Crippen LogP contribution in [0, 0.1) is 6.54 Å². The van der Waals surface area contributed by atoms with Crippen LogP contribution < -0.4 is 4.48 Å². The van der Waals surface area contributed by atoms with Gasteiger partial charge in [-0.15, -0.1) is 0 Å². The lowest BCUT2D eigenvalue weighted by molar-refractivity contribution is 0.485. The van der Waals surface area contributed by atoms with Crippen molar-refractivity contribution in [1.29, 1.82) is 0 Å². The summed E-state index contributed by atoms with van der Waals surface area (Å²) in [4.78, 5) is 3.97. The van der Waals surface area contributed by atoms with E-state index < -0.39 is 0 Å². The summed E-state index contributed by atoms with van der Waals surface area (Å²) in [5.74, 6) is 0. The smallest absolute Gasteiger partial charge is 0.143 e. The van der Waals surface area contributed by atoms with Crippen molar-refractivity contribution in [3.8, 4) is 0 Å². The van der Waals surface area contributed by atoms with Crippen molar-refractivity contribution < 1.29 is 0 Å². The number of quaternary nitrogens is 1. The van der Waals surface area contributed by atoms with Gasteiger partial charge in [-0.25, -0.2) is 0 Å². The predicted octanol–water partition coefficient (Wildman–Crippen LogP) is 1.83.